The highest BCUT2D eigenvalue weighted by molar-refractivity contribution is 6.76. The molecule has 176 valence electrons. The van der Waals surface area contributed by atoms with Crippen LogP contribution in [0.4, 0.5) is 22.4 Å². The molecule has 1 aromatic carbocycles. The van der Waals surface area contributed by atoms with Crippen LogP contribution in [-0.2, 0) is 24.2 Å². The van der Waals surface area contributed by atoms with Gasteiger partial charge in [0, 0.05) is 20.4 Å². The van der Waals surface area contributed by atoms with Gasteiger partial charge in [-0.05, 0) is 31.2 Å². The summed E-state index contributed by atoms with van der Waals surface area (Å²) in [5.41, 5.74) is -0.601. The first-order valence-electron chi connectivity index (χ1n) is 9.82. The molecule has 0 aliphatic heterocycles. The van der Waals surface area contributed by atoms with Crippen molar-refractivity contribution in [3.8, 4) is 0 Å². The van der Waals surface area contributed by atoms with Crippen LogP contribution in [0.15, 0.2) is 24.5 Å². The summed E-state index contributed by atoms with van der Waals surface area (Å²) < 4.78 is 59.1. The number of amides is 3. The summed E-state index contributed by atoms with van der Waals surface area (Å²) in [4.78, 5) is 28.2. The second-order valence-electron chi connectivity index (χ2n) is 8.42. The molecule has 7 nitrogen and oxygen atoms in total. The molecule has 0 bridgehead atoms. The monoisotopic (exact) mass is 474 g/mol. The predicted molar refractivity (Wildman–Crippen MR) is 112 cm³/mol. The van der Waals surface area contributed by atoms with Crippen molar-refractivity contribution in [1.29, 1.82) is 0 Å². The third-order valence-electron chi connectivity index (χ3n) is 4.61. The normalized spacial score (nSPS) is 12.0. The van der Waals surface area contributed by atoms with Gasteiger partial charge in [0.25, 0.3) is 5.91 Å². The molecule has 2 rings (SSSR count). The first kappa shape index (κ1) is 25.5. The van der Waals surface area contributed by atoms with Crippen LogP contribution in [0.25, 0.3) is 0 Å². The first-order valence-corrected chi connectivity index (χ1v) is 13.5. The lowest BCUT2D eigenvalue weighted by Gasteiger charge is -2.15. The number of nitrogens with one attached hydrogen (secondary N) is 2. The van der Waals surface area contributed by atoms with Crippen molar-refractivity contribution in [2.24, 2.45) is 0 Å². The minimum absolute atomic E-state index is 0.0116. The van der Waals surface area contributed by atoms with Gasteiger partial charge in [0.15, 0.2) is 0 Å². The molecule has 32 heavy (non-hydrogen) atoms. The third-order valence-corrected chi connectivity index (χ3v) is 6.32. The summed E-state index contributed by atoms with van der Waals surface area (Å²) in [5, 5.41) is 4.29. The molecular weight excluding hydrogens is 448 g/mol. The molecule has 1 aromatic heterocycles. The van der Waals surface area contributed by atoms with Gasteiger partial charge in [-0.2, -0.15) is 13.2 Å². The minimum Gasteiger partial charge on any atom is -0.361 e. The number of hydrogen-bond acceptors (Lipinski definition) is 4. The van der Waals surface area contributed by atoms with Gasteiger partial charge in [0.05, 0.1) is 29.7 Å². The third kappa shape index (κ3) is 7.45. The first-order chi connectivity index (χ1) is 14.8. The van der Waals surface area contributed by atoms with E-state index in [-0.39, 0.29) is 12.6 Å². The number of benzene rings is 1. The summed E-state index contributed by atoms with van der Waals surface area (Å²) >= 11 is 0. The van der Waals surface area contributed by atoms with Gasteiger partial charge >= 0.3 is 12.2 Å². The van der Waals surface area contributed by atoms with Crippen LogP contribution in [0.3, 0.4) is 0 Å². The van der Waals surface area contributed by atoms with E-state index in [4.69, 9.17) is 4.74 Å². The molecule has 0 radical (unpaired) electrons. The number of carbonyl (C=O) groups is 2. The number of ether oxygens (including phenoxy) is 1. The number of aromatic nitrogens is 2. The highest BCUT2D eigenvalue weighted by Gasteiger charge is 2.31. The molecule has 0 unspecified atom stereocenters. The van der Waals surface area contributed by atoms with E-state index in [1.165, 1.54) is 0 Å². The molecule has 0 saturated carbocycles. The minimum atomic E-state index is -4.74. The number of halogens is 4. The van der Waals surface area contributed by atoms with Gasteiger partial charge in [0.2, 0.25) is 0 Å². The number of alkyl halides is 3. The zero-order valence-electron chi connectivity index (χ0n) is 18.3. The van der Waals surface area contributed by atoms with Crippen LogP contribution in [0.5, 0.6) is 0 Å². The molecule has 0 spiro atoms. The van der Waals surface area contributed by atoms with Crippen molar-refractivity contribution in [3.05, 3.63) is 52.9 Å². The lowest BCUT2D eigenvalue weighted by molar-refractivity contribution is -0.137. The van der Waals surface area contributed by atoms with Crippen molar-refractivity contribution in [1.82, 2.24) is 20.2 Å². The van der Waals surface area contributed by atoms with Crippen molar-refractivity contribution in [3.63, 3.8) is 0 Å². The molecule has 0 aliphatic carbocycles. The van der Waals surface area contributed by atoms with Crippen molar-refractivity contribution in [2.45, 2.75) is 52.1 Å². The number of imide groups is 1. The second-order valence-corrected chi connectivity index (χ2v) is 14.0. The quantitative estimate of drug-likeness (QED) is 0.339. The summed E-state index contributed by atoms with van der Waals surface area (Å²) in [6, 6.07) is 1.54. The SMILES string of the molecule is Cc1c(CNC(=O)NC(=O)c2ccc(C(F)(F)F)cc2F)ncn1COCC[Si](C)(C)C. The van der Waals surface area contributed by atoms with Gasteiger partial charge < -0.3 is 14.6 Å². The Balaban J connectivity index is 1.87. The predicted octanol–water partition coefficient (Wildman–Crippen LogP) is 4.30. The number of hydrogen-bond donors (Lipinski definition) is 2. The second kappa shape index (κ2) is 10.3. The Labute approximate surface area is 184 Å². The fourth-order valence-electron chi connectivity index (χ4n) is 2.58. The van der Waals surface area contributed by atoms with E-state index in [0.717, 1.165) is 11.7 Å². The fourth-order valence-corrected chi connectivity index (χ4v) is 3.34. The summed E-state index contributed by atoms with van der Waals surface area (Å²) in [5.74, 6) is -2.54. The van der Waals surface area contributed by atoms with Gasteiger partial charge in [-0.3, -0.25) is 10.1 Å². The zero-order valence-corrected chi connectivity index (χ0v) is 19.3. The Morgan fingerprint density at radius 1 is 1.22 bits per heavy atom. The summed E-state index contributed by atoms with van der Waals surface area (Å²) in [7, 11) is -1.19. The topological polar surface area (TPSA) is 85.3 Å². The van der Waals surface area contributed by atoms with E-state index in [2.05, 4.69) is 29.9 Å². The Hall–Kier alpha value is -2.73. The van der Waals surface area contributed by atoms with Crippen LogP contribution >= 0.6 is 0 Å². The van der Waals surface area contributed by atoms with E-state index >= 15 is 0 Å². The lowest BCUT2D eigenvalue weighted by Crippen LogP contribution is -2.39. The van der Waals surface area contributed by atoms with E-state index in [9.17, 15) is 27.2 Å². The Morgan fingerprint density at radius 3 is 2.50 bits per heavy atom. The molecule has 2 aromatic rings. The zero-order chi connectivity index (χ0) is 24.1. The molecule has 0 aliphatic rings. The molecule has 12 heteroatoms. The average molecular weight is 475 g/mol. The number of rotatable bonds is 8. The molecular formula is C20H26F4N4O3Si. The standard InChI is InChI=1S/C20H26F4N4O3Si/c1-13-17(26-11-28(13)12-31-7-8-32(2,3)4)10-25-19(30)27-18(29)15-6-5-14(9-16(15)21)20(22,23)24/h5-6,9,11H,7-8,10,12H2,1-4H3,(H2,25,27,29,30). The van der Waals surface area contributed by atoms with Crippen molar-refractivity contribution < 1.29 is 31.9 Å². The summed E-state index contributed by atoms with van der Waals surface area (Å²) in [6.45, 7) is 9.51. The van der Waals surface area contributed by atoms with Crippen LogP contribution in [-0.4, -0.2) is 36.2 Å². The summed E-state index contributed by atoms with van der Waals surface area (Å²) in [6.07, 6.45) is -3.17. The van der Waals surface area contributed by atoms with Crippen molar-refractivity contribution >= 4 is 20.0 Å². The van der Waals surface area contributed by atoms with Crippen LogP contribution in [0, 0.1) is 12.7 Å². The molecule has 0 atom stereocenters. The van der Waals surface area contributed by atoms with Gasteiger partial charge in [-0.25, -0.2) is 14.2 Å². The Bertz CT molecular complexity index is 971. The fraction of sp³-hybridized carbons (Fsp3) is 0.450. The number of carbonyl (C=O) groups excluding carboxylic acids is 2. The van der Waals surface area contributed by atoms with Crippen LogP contribution in [0.1, 0.15) is 27.3 Å². The molecule has 0 saturated heterocycles. The average Bonchev–Trinajstić information content (AvgIpc) is 3.01. The smallest absolute Gasteiger partial charge is 0.361 e. The number of imidazole rings is 1. The Morgan fingerprint density at radius 2 is 1.91 bits per heavy atom. The molecule has 0 fully saturated rings. The maximum absolute atomic E-state index is 13.9. The Kier molecular flexibility index (Phi) is 8.18. The molecule has 1 heterocycles. The van der Waals surface area contributed by atoms with E-state index in [1.807, 2.05) is 5.32 Å². The van der Waals surface area contributed by atoms with E-state index < -0.39 is 43.1 Å². The van der Waals surface area contributed by atoms with Crippen LogP contribution in [0.2, 0.25) is 25.7 Å². The largest absolute Gasteiger partial charge is 0.416 e. The maximum atomic E-state index is 13.9. The number of urea groups is 1. The van der Waals surface area contributed by atoms with E-state index in [1.54, 1.807) is 17.8 Å². The van der Waals surface area contributed by atoms with Crippen molar-refractivity contribution in [2.75, 3.05) is 6.61 Å². The lowest BCUT2D eigenvalue weighted by atomic mass is 10.1. The highest BCUT2D eigenvalue weighted by Crippen LogP contribution is 2.30. The number of nitrogens with zero attached hydrogens (tertiary/aromatic N) is 2. The molecule has 3 amide bonds. The maximum Gasteiger partial charge on any atom is 0.416 e. The van der Waals surface area contributed by atoms with Gasteiger partial charge in [-0.1, -0.05) is 19.6 Å². The van der Waals surface area contributed by atoms with Crippen LogP contribution < -0.4 is 10.6 Å². The van der Waals surface area contributed by atoms with Gasteiger partial charge in [0.1, 0.15) is 12.5 Å². The van der Waals surface area contributed by atoms with E-state index in [0.29, 0.717) is 31.2 Å². The van der Waals surface area contributed by atoms with Gasteiger partial charge in [-0.15, -0.1) is 0 Å². The highest BCUT2D eigenvalue weighted by atomic mass is 28.3. The molecule has 2 N–H and O–H groups in total.